The molecule has 0 aromatic carbocycles. The number of carbonyl (C=O) groups is 2. The predicted molar refractivity (Wildman–Crippen MR) is 70.1 cm³/mol. The molecule has 100 valence electrons. The van der Waals surface area contributed by atoms with Gasteiger partial charge in [-0.25, -0.2) is 9.59 Å². The molecule has 1 aliphatic carbocycles. The molecule has 0 atom stereocenters. The third kappa shape index (κ3) is 3.31. The van der Waals surface area contributed by atoms with Crippen LogP contribution in [0.4, 0.5) is 10.5 Å². The van der Waals surface area contributed by atoms with Crippen molar-refractivity contribution in [2.75, 3.05) is 11.9 Å². The van der Waals surface area contributed by atoms with Crippen LogP contribution in [0.1, 0.15) is 23.2 Å². The number of aromatic carboxylic acids is 1. The molecule has 6 heteroatoms. The van der Waals surface area contributed by atoms with Crippen molar-refractivity contribution in [2.45, 2.75) is 18.9 Å². The summed E-state index contributed by atoms with van der Waals surface area (Å²) in [4.78, 5) is 28.3. The third-order valence-corrected chi connectivity index (χ3v) is 2.81. The summed E-state index contributed by atoms with van der Waals surface area (Å²) in [6.45, 7) is 4.10. The molecule has 1 aromatic rings. The Morgan fingerprint density at radius 1 is 1.53 bits per heavy atom. The molecule has 0 radical (unpaired) electrons. The van der Waals surface area contributed by atoms with Crippen LogP contribution in [0.3, 0.4) is 0 Å². The van der Waals surface area contributed by atoms with Crippen LogP contribution < -0.4 is 5.32 Å². The van der Waals surface area contributed by atoms with Crippen molar-refractivity contribution in [3.05, 3.63) is 36.7 Å². The van der Waals surface area contributed by atoms with Crippen LogP contribution in [0.5, 0.6) is 0 Å². The number of aromatic nitrogens is 1. The third-order valence-electron chi connectivity index (χ3n) is 2.81. The average Bonchev–Trinajstić information content (AvgIpc) is 3.20. The molecule has 6 nitrogen and oxygen atoms in total. The van der Waals surface area contributed by atoms with Gasteiger partial charge in [0.05, 0.1) is 17.4 Å². The van der Waals surface area contributed by atoms with Gasteiger partial charge in [-0.3, -0.25) is 4.98 Å². The number of carboxylic acids is 1. The number of anilines is 1. The second kappa shape index (κ2) is 5.51. The molecule has 1 aliphatic rings. The summed E-state index contributed by atoms with van der Waals surface area (Å²) in [6.07, 6.45) is 6.32. The van der Waals surface area contributed by atoms with Crippen molar-refractivity contribution in [1.29, 1.82) is 0 Å². The summed E-state index contributed by atoms with van der Waals surface area (Å²) < 4.78 is 0. The summed E-state index contributed by atoms with van der Waals surface area (Å²) in [7, 11) is 0. The van der Waals surface area contributed by atoms with E-state index < -0.39 is 5.97 Å². The fourth-order valence-corrected chi connectivity index (χ4v) is 1.74. The minimum Gasteiger partial charge on any atom is -0.478 e. The monoisotopic (exact) mass is 261 g/mol. The first-order valence-corrected chi connectivity index (χ1v) is 5.98. The van der Waals surface area contributed by atoms with Crippen molar-refractivity contribution in [2.24, 2.45) is 0 Å². The Hall–Kier alpha value is -2.37. The molecule has 0 unspecified atom stereocenters. The second-order valence-corrected chi connectivity index (χ2v) is 4.37. The number of urea groups is 1. The summed E-state index contributed by atoms with van der Waals surface area (Å²) >= 11 is 0. The highest BCUT2D eigenvalue weighted by Gasteiger charge is 2.31. The summed E-state index contributed by atoms with van der Waals surface area (Å²) in [5.74, 6) is -1.08. The molecule has 19 heavy (non-hydrogen) atoms. The highest BCUT2D eigenvalue weighted by atomic mass is 16.4. The SMILES string of the molecule is C=CCN(C(=O)Nc1cncc(C(=O)O)c1)C1CC1. The summed E-state index contributed by atoms with van der Waals surface area (Å²) in [6, 6.07) is 1.38. The van der Waals surface area contributed by atoms with E-state index in [1.807, 2.05) is 0 Å². The number of carboxylic acid groups (broad SMARTS) is 1. The van der Waals surface area contributed by atoms with Gasteiger partial charge >= 0.3 is 12.0 Å². The lowest BCUT2D eigenvalue weighted by Crippen LogP contribution is -2.36. The van der Waals surface area contributed by atoms with Gasteiger partial charge < -0.3 is 15.3 Å². The Kier molecular flexibility index (Phi) is 3.79. The number of hydrogen-bond donors (Lipinski definition) is 2. The van der Waals surface area contributed by atoms with Gasteiger partial charge in [-0.1, -0.05) is 6.08 Å². The zero-order valence-corrected chi connectivity index (χ0v) is 10.4. The molecule has 0 saturated heterocycles. The van der Waals surface area contributed by atoms with Gasteiger partial charge in [-0.05, 0) is 18.9 Å². The van der Waals surface area contributed by atoms with Gasteiger partial charge in [0.2, 0.25) is 0 Å². The van der Waals surface area contributed by atoms with Gasteiger partial charge in [0.1, 0.15) is 0 Å². The van der Waals surface area contributed by atoms with Crippen molar-refractivity contribution < 1.29 is 14.7 Å². The maximum absolute atomic E-state index is 12.1. The van der Waals surface area contributed by atoms with Crippen LogP contribution in [-0.4, -0.2) is 39.6 Å². The smallest absolute Gasteiger partial charge is 0.337 e. The van der Waals surface area contributed by atoms with Crippen LogP contribution >= 0.6 is 0 Å². The van der Waals surface area contributed by atoms with Crippen LogP contribution in [0, 0.1) is 0 Å². The van der Waals surface area contributed by atoms with Gasteiger partial charge in [-0.2, -0.15) is 0 Å². The molecule has 2 N–H and O–H groups in total. The molecular formula is C13H15N3O3. The number of amides is 2. The quantitative estimate of drug-likeness (QED) is 0.794. The summed E-state index contributed by atoms with van der Waals surface area (Å²) in [5, 5.41) is 11.5. The fraction of sp³-hybridized carbons (Fsp3) is 0.308. The summed E-state index contributed by atoms with van der Waals surface area (Å²) in [5.41, 5.74) is 0.416. The zero-order chi connectivity index (χ0) is 13.8. The molecule has 1 heterocycles. The van der Waals surface area contributed by atoms with E-state index in [0.29, 0.717) is 12.2 Å². The van der Waals surface area contributed by atoms with E-state index in [4.69, 9.17) is 5.11 Å². The van der Waals surface area contributed by atoms with E-state index in [-0.39, 0.29) is 17.6 Å². The minimum absolute atomic E-state index is 0.0412. The highest BCUT2D eigenvalue weighted by Crippen LogP contribution is 2.27. The molecule has 2 rings (SSSR count). The van der Waals surface area contributed by atoms with Gasteiger partial charge in [0, 0.05) is 18.8 Å². The topological polar surface area (TPSA) is 82.5 Å². The zero-order valence-electron chi connectivity index (χ0n) is 10.4. The maximum atomic E-state index is 12.1. The van der Waals surface area contributed by atoms with Crippen LogP contribution in [0.15, 0.2) is 31.1 Å². The first kappa shape index (κ1) is 13.1. The molecule has 1 aromatic heterocycles. The first-order valence-electron chi connectivity index (χ1n) is 5.98. The molecule has 0 bridgehead atoms. The molecule has 1 saturated carbocycles. The van der Waals surface area contributed by atoms with Crippen LogP contribution in [0.25, 0.3) is 0 Å². The van der Waals surface area contributed by atoms with E-state index in [2.05, 4.69) is 16.9 Å². The Bertz CT molecular complexity index is 512. The van der Waals surface area contributed by atoms with Crippen molar-refractivity contribution >= 4 is 17.7 Å². The van der Waals surface area contributed by atoms with Gasteiger partial charge in [-0.15, -0.1) is 6.58 Å². The van der Waals surface area contributed by atoms with E-state index >= 15 is 0 Å². The number of hydrogen-bond acceptors (Lipinski definition) is 3. The number of carbonyl (C=O) groups excluding carboxylic acids is 1. The predicted octanol–water partition coefficient (Wildman–Crippen LogP) is 1.96. The molecule has 0 spiro atoms. The average molecular weight is 261 g/mol. The first-order chi connectivity index (χ1) is 9.11. The van der Waals surface area contributed by atoms with Crippen molar-refractivity contribution in [1.82, 2.24) is 9.88 Å². The molecule has 1 fully saturated rings. The second-order valence-electron chi connectivity index (χ2n) is 4.37. The number of pyridine rings is 1. The van der Waals surface area contributed by atoms with Crippen molar-refractivity contribution in [3.8, 4) is 0 Å². The number of rotatable bonds is 5. The lowest BCUT2D eigenvalue weighted by atomic mass is 10.2. The molecule has 2 amide bonds. The Labute approximate surface area is 110 Å². The standard InChI is InChI=1S/C13H15N3O3/c1-2-5-16(11-3-4-11)13(19)15-10-6-9(12(17)18)7-14-8-10/h2,6-8,11H,1,3-5H2,(H,15,19)(H,17,18). The van der Waals surface area contributed by atoms with Gasteiger partial charge in [0.25, 0.3) is 0 Å². The highest BCUT2D eigenvalue weighted by molar-refractivity contribution is 5.92. The van der Waals surface area contributed by atoms with E-state index in [0.717, 1.165) is 12.8 Å². The Balaban J connectivity index is 2.06. The maximum Gasteiger partial charge on any atom is 0.337 e. The normalized spacial score (nSPS) is 13.7. The van der Waals surface area contributed by atoms with Crippen LogP contribution in [-0.2, 0) is 0 Å². The lowest BCUT2D eigenvalue weighted by Gasteiger charge is -2.21. The fourth-order valence-electron chi connectivity index (χ4n) is 1.74. The number of nitrogens with zero attached hydrogens (tertiary/aromatic N) is 2. The Morgan fingerprint density at radius 3 is 2.84 bits per heavy atom. The van der Waals surface area contributed by atoms with Crippen molar-refractivity contribution in [3.63, 3.8) is 0 Å². The van der Waals surface area contributed by atoms with E-state index in [1.54, 1.807) is 11.0 Å². The molecule has 0 aliphatic heterocycles. The number of nitrogens with one attached hydrogen (secondary N) is 1. The van der Waals surface area contributed by atoms with Crippen LogP contribution in [0.2, 0.25) is 0 Å². The largest absolute Gasteiger partial charge is 0.478 e. The van der Waals surface area contributed by atoms with E-state index in [9.17, 15) is 9.59 Å². The van der Waals surface area contributed by atoms with E-state index in [1.165, 1.54) is 18.5 Å². The Morgan fingerprint density at radius 2 is 2.26 bits per heavy atom. The molecular weight excluding hydrogens is 246 g/mol. The minimum atomic E-state index is -1.08. The lowest BCUT2D eigenvalue weighted by molar-refractivity contribution is 0.0696. The van der Waals surface area contributed by atoms with Gasteiger partial charge in [0.15, 0.2) is 0 Å².